The number of rotatable bonds is 4. The molecule has 0 aliphatic rings. The van der Waals surface area contributed by atoms with Crippen LogP contribution in [0, 0.1) is 0 Å². The maximum atomic E-state index is 12.3. The second kappa shape index (κ2) is 6.19. The second-order valence-electron chi connectivity index (χ2n) is 5.45. The van der Waals surface area contributed by atoms with Crippen LogP contribution >= 0.6 is 11.6 Å². The Morgan fingerprint density at radius 1 is 1.19 bits per heavy atom. The Morgan fingerprint density at radius 2 is 1.86 bits per heavy atom. The van der Waals surface area contributed by atoms with Crippen molar-refractivity contribution in [2.45, 2.75) is 25.9 Å². The van der Waals surface area contributed by atoms with Crippen molar-refractivity contribution in [3.63, 3.8) is 0 Å². The molecular weight excluding hydrogens is 286 g/mol. The van der Waals surface area contributed by atoms with Gasteiger partial charge in [0.25, 0.3) is 0 Å². The Balaban J connectivity index is 2.06. The number of hydrogen-bond acceptors (Lipinski definition) is 3. The minimum Gasteiger partial charge on any atom is -0.460 e. The van der Waals surface area contributed by atoms with Crippen LogP contribution in [0.1, 0.15) is 25.0 Å². The van der Waals surface area contributed by atoms with E-state index in [1.807, 2.05) is 38.1 Å². The highest BCUT2D eigenvalue weighted by Crippen LogP contribution is 2.26. The van der Waals surface area contributed by atoms with Gasteiger partial charge in [-0.1, -0.05) is 35.9 Å². The highest BCUT2D eigenvalue weighted by atomic mass is 35.5. The molecule has 0 saturated carbocycles. The van der Waals surface area contributed by atoms with E-state index in [2.05, 4.69) is 0 Å². The normalized spacial score (nSPS) is 11.2. The second-order valence-corrected chi connectivity index (χ2v) is 5.89. The summed E-state index contributed by atoms with van der Waals surface area (Å²) in [5.74, 6) is -0.285. The zero-order valence-electron chi connectivity index (χ0n) is 12.1. The van der Waals surface area contributed by atoms with Gasteiger partial charge in [0, 0.05) is 10.7 Å². The first-order chi connectivity index (χ1) is 9.89. The highest BCUT2D eigenvalue weighted by Gasteiger charge is 2.31. The first-order valence-corrected chi connectivity index (χ1v) is 7.05. The number of esters is 1. The fourth-order valence-corrected chi connectivity index (χ4v) is 2.19. The Morgan fingerprint density at radius 3 is 2.48 bits per heavy atom. The molecule has 2 N–H and O–H groups in total. The van der Waals surface area contributed by atoms with E-state index in [1.54, 1.807) is 24.3 Å². The highest BCUT2D eigenvalue weighted by molar-refractivity contribution is 6.30. The summed E-state index contributed by atoms with van der Waals surface area (Å²) < 4.78 is 5.40. The number of carbonyl (C=O) groups excluding carboxylic acids is 1. The smallest absolute Gasteiger partial charge is 0.316 e. The first kappa shape index (κ1) is 15.4. The van der Waals surface area contributed by atoms with Crippen LogP contribution in [0.4, 0.5) is 5.69 Å². The lowest BCUT2D eigenvalue weighted by molar-refractivity contribution is -0.150. The molecule has 110 valence electrons. The third kappa shape index (κ3) is 3.76. The van der Waals surface area contributed by atoms with Gasteiger partial charge >= 0.3 is 5.97 Å². The van der Waals surface area contributed by atoms with Gasteiger partial charge in [-0.2, -0.15) is 0 Å². The monoisotopic (exact) mass is 303 g/mol. The number of halogens is 1. The number of nitrogens with two attached hydrogens (primary N) is 1. The molecular formula is C17H18ClNO2. The molecule has 0 bridgehead atoms. The Labute approximate surface area is 129 Å². The lowest BCUT2D eigenvalue weighted by atomic mass is 9.85. The predicted octanol–water partition coefficient (Wildman–Crippen LogP) is 3.94. The molecule has 3 nitrogen and oxygen atoms in total. The largest absolute Gasteiger partial charge is 0.460 e. The average Bonchev–Trinajstić information content (AvgIpc) is 2.45. The van der Waals surface area contributed by atoms with E-state index in [9.17, 15) is 4.79 Å². The summed E-state index contributed by atoms with van der Waals surface area (Å²) in [6.07, 6.45) is 0. The van der Waals surface area contributed by atoms with Crippen molar-refractivity contribution in [1.29, 1.82) is 0 Å². The summed E-state index contributed by atoms with van der Waals surface area (Å²) in [5, 5.41) is 0.626. The standard InChI is InChI=1S/C17H18ClNO2/c1-17(2,13-6-8-15(19)9-7-13)16(20)21-11-12-4-3-5-14(18)10-12/h3-10H,11,19H2,1-2H3. The molecule has 0 heterocycles. The predicted molar refractivity (Wildman–Crippen MR) is 85.1 cm³/mol. The molecule has 0 saturated heterocycles. The van der Waals surface area contributed by atoms with E-state index in [0.717, 1.165) is 11.1 Å². The van der Waals surface area contributed by atoms with E-state index in [4.69, 9.17) is 22.1 Å². The Kier molecular flexibility index (Phi) is 4.53. The van der Waals surface area contributed by atoms with Crippen LogP contribution in [-0.2, 0) is 21.6 Å². The molecule has 0 fully saturated rings. The van der Waals surface area contributed by atoms with Gasteiger partial charge in [-0.15, -0.1) is 0 Å². The van der Waals surface area contributed by atoms with Crippen molar-refractivity contribution in [1.82, 2.24) is 0 Å². The van der Waals surface area contributed by atoms with Crippen LogP contribution in [0.3, 0.4) is 0 Å². The number of ether oxygens (including phenoxy) is 1. The lowest BCUT2D eigenvalue weighted by Gasteiger charge is -2.23. The van der Waals surface area contributed by atoms with Crippen molar-refractivity contribution in [2.75, 3.05) is 5.73 Å². The molecule has 21 heavy (non-hydrogen) atoms. The van der Waals surface area contributed by atoms with Gasteiger partial charge in [-0.3, -0.25) is 4.79 Å². The van der Waals surface area contributed by atoms with E-state index in [0.29, 0.717) is 10.7 Å². The Bertz CT molecular complexity index is 635. The summed E-state index contributed by atoms with van der Waals surface area (Å²) in [7, 11) is 0. The van der Waals surface area contributed by atoms with Crippen LogP contribution in [0.25, 0.3) is 0 Å². The van der Waals surface area contributed by atoms with Gasteiger partial charge < -0.3 is 10.5 Å². The van der Waals surface area contributed by atoms with Crippen LogP contribution in [-0.4, -0.2) is 5.97 Å². The molecule has 0 spiro atoms. The molecule has 0 radical (unpaired) electrons. The summed E-state index contributed by atoms with van der Waals surface area (Å²) >= 11 is 5.91. The topological polar surface area (TPSA) is 52.3 Å². The molecule has 4 heteroatoms. The van der Waals surface area contributed by atoms with Gasteiger partial charge in [-0.05, 0) is 49.2 Å². The molecule has 0 unspecified atom stereocenters. The minimum absolute atomic E-state index is 0.206. The molecule has 0 aliphatic heterocycles. The van der Waals surface area contributed by atoms with Crippen molar-refractivity contribution in [3.05, 3.63) is 64.7 Å². The number of nitrogen functional groups attached to an aromatic ring is 1. The average molecular weight is 304 g/mol. The number of anilines is 1. The van der Waals surface area contributed by atoms with Gasteiger partial charge in [0.2, 0.25) is 0 Å². The number of hydrogen-bond donors (Lipinski definition) is 1. The van der Waals surface area contributed by atoms with Crippen LogP contribution in [0.15, 0.2) is 48.5 Å². The van der Waals surface area contributed by atoms with Crippen molar-refractivity contribution in [3.8, 4) is 0 Å². The zero-order valence-corrected chi connectivity index (χ0v) is 12.9. The van der Waals surface area contributed by atoms with Gasteiger partial charge in [0.05, 0.1) is 5.41 Å². The fourth-order valence-electron chi connectivity index (χ4n) is 1.97. The summed E-state index contributed by atoms with van der Waals surface area (Å²) in [6, 6.07) is 14.5. The van der Waals surface area contributed by atoms with Gasteiger partial charge in [0.1, 0.15) is 6.61 Å². The number of carbonyl (C=O) groups is 1. The van der Waals surface area contributed by atoms with Gasteiger partial charge in [-0.25, -0.2) is 0 Å². The summed E-state index contributed by atoms with van der Waals surface area (Å²) in [4.78, 5) is 12.3. The summed E-state index contributed by atoms with van der Waals surface area (Å²) in [5.41, 5.74) is 7.34. The van der Waals surface area contributed by atoms with Gasteiger partial charge in [0.15, 0.2) is 0 Å². The van der Waals surface area contributed by atoms with E-state index in [-0.39, 0.29) is 12.6 Å². The van der Waals surface area contributed by atoms with Crippen LogP contribution in [0.2, 0.25) is 5.02 Å². The van der Waals surface area contributed by atoms with E-state index >= 15 is 0 Å². The maximum absolute atomic E-state index is 12.3. The minimum atomic E-state index is -0.730. The quantitative estimate of drug-likeness (QED) is 0.687. The van der Waals surface area contributed by atoms with Crippen molar-refractivity contribution < 1.29 is 9.53 Å². The zero-order chi connectivity index (χ0) is 15.5. The first-order valence-electron chi connectivity index (χ1n) is 6.67. The molecule has 0 aromatic heterocycles. The SMILES string of the molecule is CC(C)(C(=O)OCc1cccc(Cl)c1)c1ccc(N)cc1. The Hall–Kier alpha value is -2.00. The van der Waals surface area contributed by atoms with E-state index < -0.39 is 5.41 Å². The fraction of sp³-hybridized carbons (Fsp3) is 0.235. The lowest BCUT2D eigenvalue weighted by Crippen LogP contribution is -2.31. The molecule has 2 aromatic rings. The molecule has 2 rings (SSSR count). The van der Waals surface area contributed by atoms with Crippen LogP contribution in [0.5, 0.6) is 0 Å². The third-order valence-corrected chi connectivity index (χ3v) is 3.64. The van der Waals surface area contributed by atoms with Crippen molar-refractivity contribution >= 4 is 23.3 Å². The van der Waals surface area contributed by atoms with Crippen molar-refractivity contribution in [2.24, 2.45) is 0 Å². The molecule has 0 amide bonds. The third-order valence-electron chi connectivity index (χ3n) is 3.40. The molecule has 2 aromatic carbocycles. The van der Waals surface area contributed by atoms with E-state index in [1.165, 1.54) is 0 Å². The van der Waals surface area contributed by atoms with Crippen LogP contribution < -0.4 is 5.73 Å². The summed E-state index contributed by atoms with van der Waals surface area (Å²) in [6.45, 7) is 3.87. The molecule has 0 atom stereocenters. The molecule has 0 aliphatic carbocycles. The maximum Gasteiger partial charge on any atom is 0.316 e. The number of benzene rings is 2.